The van der Waals surface area contributed by atoms with Crippen LogP contribution in [0.3, 0.4) is 0 Å². The van der Waals surface area contributed by atoms with E-state index in [4.69, 9.17) is 16.0 Å². The Labute approximate surface area is 223 Å². The van der Waals surface area contributed by atoms with Gasteiger partial charge in [0.2, 0.25) is 5.69 Å². The first-order chi connectivity index (χ1) is 18.3. The van der Waals surface area contributed by atoms with Gasteiger partial charge in [-0.25, -0.2) is 9.64 Å². The summed E-state index contributed by atoms with van der Waals surface area (Å²) in [5.74, 6) is 1.58. The summed E-state index contributed by atoms with van der Waals surface area (Å²) in [6.07, 6.45) is 3.03. The highest BCUT2D eigenvalue weighted by molar-refractivity contribution is 5.92. The molecule has 2 aromatic carbocycles. The molecular formula is C29H35N5O4. The highest BCUT2D eigenvalue weighted by atomic mass is 16.5. The number of carbonyl (C=O) groups is 1. The quantitative estimate of drug-likeness (QED) is 0.288. The molecule has 1 atom stereocenters. The van der Waals surface area contributed by atoms with Crippen molar-refractivity contribution in [3.63, 3.8) is 0 Å². The van der Waals surface area contributed by atoms with E-state index in [1.54, 1.807) is 24.4 Å². The molecule has 0 aliphatic heterocycles. The van der Waals surface area contributed by atoms with E-state index in [9.17, 15) is 9.90 Å². The zero-order chi connectivity index (χ0) is 27.2. The number of amides is 2. The van der Waals surface area contributed by atoms with Gasteiger partial charge in [0.25, 0.3) is 0 Å². The fraction of sp³-hybridized carbons (Fsp3) is 0.414. The summed E-state index contributed by atoms with van der Waals surface area (Å²) in [6, 6.07) is 8.91. The Morgan fingerprint density at radius 1 is 1.16 bits per heavy atom. The van der Waals surface area contributed by atoms with E-state index < -0.39 is 6.10 Å². The van der Waals surface area contributed by atoms with Crippen LogP contribution < -0.4 is 20.1 Å². The molecule has 1 saturated carbocycles. The smallest absolute Gasteiger partial charge is 0.319 e. The van der Waals surface area contributed by atoms with Crippen LogP contribution in [0.4, 0.5) is 16.2 Å². The summed E-state index contributed by atoms with van der Waals surface area (Å²) >= 11 is 0. The van der Waals surface area contributed by atoms with Gasteiger partial charge < -0.3 is 30.1 Å². The number of fused-ring (bicyclic) bond motifs is 1. The van der Waals surface area contributed by atoms with Crippen molar-refractivity contribution < 1.29 is 19.4 Å². The number of aliphatic hydroxyl groups is 1. The number of carbonyl (C=O) groups excluding carboxylic acids is 1. The predicted molar refractivity (Wildman–Crippen MR) is 148 cm³/mol. The van der Waals surface area contributed by atoms with Crippen LogP contribution >= 0.6 is 0 Å². The molecule has 1 aliphatic carbocycles. The first kappa shape index (κ1) is 27.2. The third-order valence-corrected chi connectivity index (χ3v) is 6.82. The van der Waals surface area contributed by atoms with Gasteiger partial charge in [0.05, 0.1) is 12.1 Å². The summed E-state index contributed by atoms with van der Waals surface area (Å²) in [7, 11) is 0. The number of nitrogens with zero attached hydrogens (tertiary/aromatic N) is 3. The molecule has 1 heterocycles. The van der Waals surface area contributed by atoms with Gasteiger partial charge in [0, 0.05) is 29.9 Å². The lowest BCUT2D eigenvalue weighted by Crippen LogP contribution is -2.35. The molecule has 0 saturated heterocycles. The number of benzene rings is 2. The van der Waals surface area contributed by atoms with Crippen LogP contribution in [0.1, 0.15) is 37.8 Å². The summed E-state index contributed by atoms with van der Waals surface area (Å²) < 4.78 is 12.1. The van der Waals surface area contributed by atoms with E-state index in [-0.39, 0.29) is 18.7 Å². The number of hydrogen-bond donors (Lipinski definition) is 3. The van der Waals surface area contributed by atoms with Gasteiger partial charge >= 0.3 is 6.03 Å². The molecule has 2 amide bonds. The summed E-state index contributed by atoms with van der Waals surface area (Å²) in [6.45, 7) is 17.9. The van der Waals surface area contributed by atoms with Crippen LogP contribution in [0.5, 0.6) is 17.2 Å². The third kappa shape index (κ3) is 6.52. The van der Waals surface area contributed by atoms with Crippen LogP contribution in [0.2, 0.25) is 0 Å². The summed E-state index contributed by atoms with van der Waals surface area (Å²) in [4.78, 5) is 22.4. The van der Waals surface area contributed by atoms with Gasteiger partial charge in [-0.05, 0) is 81.2 Å². The fourth-order valence-electron chi connectivity index (χ4n) is 4.18. The highest BCUT2D eigenvalue weighted by Gasteiger charge is 2.23. The van der Waals surface area contributed by atoms with Crippen LogP contribution in [0.25, 0.3) is 15.7 Å². The Bertz CT molecular complexity index is 1350. The van der Waals surface area contributed by atoms with E-state index in [0.29, 0.717) is 40.4 Å². The molecule has 3 aromatic rings. The number of hydrogen-bond acceptors (Lipinski definition) is 6. The molecule has 1 aromatic heterocycles. The van der Waals surface area contributed by atoms with Crippen molar-refractivity contribution in [1.82, 2.24) is 15.2 Å². The van der Waals surface area contributed by atoms with Crippen LogP contribution in [0, 0.1) is 20.4 Å². The van der Waals surface area contributed by atoms with E-state index in [1.807, 2.05) is 39.8 Å². The topological polar surface area (TPSA) is 100 Å². The second kappa shape index (κ2) is 12.1. The molecule has 0 bridgehead atoms. The number of nitrogens with one attached hydrogen (secondary N) is 2. The van der Waals surface area contributed by atoms with E-state index >= 15 is 0 Å². The molecule has 9 heteroatoms. The molecule has 9 nitrogen and oxygen atoms in total. The molecule has 0 spiro atoms. The number of ether oxygens (including phenoxy) is 2. The van der Waals surface area contributed by atoms with Crippen molar-refractivity contribution in [2.24, 2.45) is 0 Å². The maximum absolute atomic E-state index is 12.2. The minimum Gasteiger partial charge on any atom is -0.502 e. The number of rotatable bonds is 11. The molecule has 1 fully saturated rings. The second-order valence-corrected chi connectivity index (χ2v) is 9.54. The molecule has 38 heavy (non-hydrogen) atoms. The lowest BCUT2D eigenvalue weighted by atomic mass is 10.1. The average Bonchev–Trinajstić information content (AvgIpc) is 3.73. The van der Waals surface area contributed by atoms with Crippen molar-refractivity contribution in [2.75, 3.05) is 31.6 Å². The number of urea groups is 1. The SMILES string of the molecule is [C-]#[N+]c1cc2c(Oc3ccc(NC(=O)NC4CC4)c(C)c3C)ccnc2cc1OC[C@H](O)CN(CC)CC. The van der Waals surface area contributed by atoms with Gasteiger partial charge in [0.15, 0.2) is 0 Å². The van der Waals surface area contributed by atoms with Gasteiger partial charge in [-0.3, -0.25) is 4.98 Å². The molecule has 0 unspecified atom stereocenters. The largest absolute Gasteiger partial charge is 0.502 e. The van der Waals surface area contributed by atoms with Crippen LogP contribution in [-0.2, 0) is 0 Å². The zero-order valence-electron chi connectivity index (χ0n) is 22.4. The number of aromatic nitrogens is 1. The van der Waals surface area contributed by atoms with Crippen LogP contribution in [-0.4, -0.2) is 59.4 Å². The maximum atomic E-state index is 12.2. The lowest BCUT2D eigenvalue weighted by molar-refractivity contribution is 0.0720. The lowest BCUT2D eigenvalue weighted by Gasteiger charge is -2.22. The van der Waals surface area contributed by atoms with Gasteiger partial charge in [-0.1, -0.05) is 13.8 Å². The highest BCUT2D eigenvalue weighted by Crippen LogP contribution is 2.39. The number of anilines is 1. The van der Waals surface area contributed by atoms with Gasteiger partial charge in [0.1, 0.15) is 30.0 Å². The Kier molecular flexibility index (Phi) is 8.66. The molecule has 4 rings (SSSR count). The molecule has 200 valence electrons. The first-order valence-electron chi connectivity index (χ1n) is 13.0. The minimum absolute atomic E-state index is 0.0816. The van der Waals surface area contributed by atoms with E-state index in [2.05, 4.69) is 25.4 Å². The second-order valence-electron chi connectivity index (χ2n) is 9.54. The standard InChI is InChI=1S/C29H35N5O4/c1-6-34(7-2)16-21(35)17-37-28-15-24-22(14-25(28)30-5)27(12-13-31-24)38-26-11-10-23(18(3)19(26)4)33-29(36)32-20-8-9-20/h10-15,20-21,35H,6-9,16-17H2,1-4H3,(H2,32,33,36)/t21-/m1/s1. The van der Waals surface area contributed by atoms with Gasteiger partial charge in [-0.2, -0.15) is 0 Å². The van der Waals surface area contributed by atoms with E-state index in [0.717, 1.165) is 42.7 Å². The fourth-order valence-corrected chi connectivity index (χ4v) is 4.18. The Morgan fingerprint density at radius 2 is 1.92 bits per heavy atom. The van der Waals surface area contributed by atoms with E-state index in [1.165, 1.54) is 0 Å². The van der Waals surface area contributed by atoms with Crippen molar-refractivity contribution in [2.45, 2.75) is 52.7 Å². The van der Waals surface area contributed by atoms with Crippen molar-refractivity contribution >= 4 is 28.3 Å². The van der Waals surface area contributed by atoms with Gasteiger partial charge in [-0.15, -0.1) is 0 Å². The third-order valence-electron chi connectivity index (χ3n) is 6.82. The number of pyridine rings is 1. The minimum atomic E-state index is -0.671. The molecule has 0 radical (unpaired) electrons. The van der Waals surface area contributed by atoms with Crippen molar-refractivity contribution in [3.05, 3.63) is 59.1 Å². The Hall–Kier alpha value is -3.87. The Morgan fingerprint density at radius 3 is 2.61 bits per heavy atom. The number of aliphatic hydroxyl groups excluding tert-OH is 1. The maximum Gasteiger partial charge on any atom is 0.319 e. The molecular weight excluding hydrogens is 482 g/mol. The predicted octanol–water partition coefficient (Wildman–Crippen LogP) is 5.56. The molecule has 3 N–H and O–H groups in total. The number of likely N-dealkylation sites (N-methyl/N-ethyl adjacent to an activating group) is 1. The van der Waals surface area contributed by atoms with Crippen molar-refractivity contribution in [1.29, 1.82) is 0 Å². The molecule has 1 aliphatic rings. The monoisotopic (exact) mass is 517 g/mol. The Balaban J connectivity index is 1.53. The normalized spacial score (nSPS) is 13.7. The average molecular weight is 518 g/mol. The summed E-state index contributed by atoms with van der Waals surface area (Å²) in [5.41, 5.74) is 3.47. The van der Waals surface area contributed by atoms with Crippen LogP contribution in [0.15, 0.2) is 36.5 Å². The first-order valence-corrected chi connectivity index (χ1v) is 13.0. The summed E-state index contributed by atoms with van der Waals surface area (Å²) in [5, 5.41) is 16.9. The van der Waals surface area contributed by atoms with Crippen molar-refractivity contribution in [3.8, 4) is 17.2 Å². The zero-order valence-corrected chi connectivity index (χ0v) is 22.4.